The van der Waals surface area contributed by atoms with Crippen LogP contribution in [-0.4, -0.2) is 14.2 Å². The van der Waals surface area contributed by atoms with Gasteiger partial charge in [0, 0.05) is 5.39 Å². The number of rotatable bonds is 4. The minimum Gasteiger partial charge on any atom is -0.493 e. The number of hydrogen-bond acceptors (Lipinski definition) is 3. The largest absolute Gasteiger partial charge is 0.493 e. The van der Waals surface area contributed by atoms with Crippen molar-refractivity contribution in [1.82, 2.24) is 5.32 Å². The molecule has 86 valence electrons. The summed E-state index contributed by atoms with van der Waals surface area (Å²) in [6, 6.07) is 6.25. The second-order valence-corrected chi connectivity index (χ2v) is 3.81. The van der Waals surface area contributed by atoms with Crippen LogP contribution in [0.4, 0.5) is 0 Å². The molecule has 3 nitrogen and oxygen atoms in total. The Morgan fingerprint density at radius 3 is 2.75 bits per heavy atom. The summed E-state index contributed by atoms with van der Waals surface area (Å²) in [6.07, 6.45) is 0.999. The van der Waals surface area contributed by atoms with Gasteiger partial charge in [0.05, 0.1) is 13.7 Å². The van der Waals surface area contributed by atoms with Crippen molar-refractivity contribution in [3.05, 3.63) is 29.5 Å². The van der Waals surface area contributed by atoms with Crippen LogP contribution in [-0.2, 0) is 13.0 Å². The van der Waals surface area contributed by atoms with Crippen molar-refractivity contribution in [3.63, 3.8) is 0 Å². The lowest BCUT2D eigenvalue weighted by molar-refractivity contribution is 0.406. The van der Waals surface area contributed by atoms with Gasteiger partial charge in [-0.25, -0.2) is 0 Å². The van der Waals surface area contributed by atoms with Crippen LogP contribution in [0.2, 0.25) is 0 Å². The van der Waals surface area contributed by atoms with Gasteiger partial charge in [0.25, 0.3) is 0 Å². The van der Waals surface area contributed by atoms with Crippen molar-refractivity contribution >= 4 is 11.0 Å². The molecule has 1 N–H and O–H groups in total. The number of aryl methyl sites for hydroxylation is 1. The topological polar surface area (TPSA) is 34.4 Å². The van der Waals surface area contributed by atoms with E-state index in [4.69, 9.17) is 9.15 Å². The Labute approximate surface area is 95.4 Å². The van der Waals surface area contributed by atoms with E-state index in [1.807, 2.05) is 13.1 Å². The van der Waals surface area contributed by atoms with Crippen molar-refractivity contribution in [2.45, 2.75) is 19.9 Å². The molecule has 0 bridgehead atoms. The zero-order valence-corrected chi connectivity index (χ0v) is 9.96. The van der Waals surface area contributed by atoms with Gasteiger partial charge in [-0.1, -0.05) is 6.92 Å². The Balaban J connectivity index is 2.55. The molecule has 2 aromatic rings. The summed E-state index contributed by atoms with van der Waals surface area (Å²) in [5.74, 6) is 1.75. The molecule has 0 aliphatic carbocycles. The minimum absolute atomic E-state index is 0.735. The Hall–Kier alpha value is -1.48. The summed E-state index contributed by atoms with van der Waals surface area (Å²) in [4.78, 5) is 0. The third kappa shape index (κ3) is 1.91. The van der Waals surface area contributed by atoms with Crippen LogP contribution in [0.1, 0.15) is 18.2 Å². The van der Waals surface area contributed by atoms with E-state index in [1.165, 1.54) is 5.56 Å². The van der Waals surface area contributed by atoms with E-state index in [9.17, 15) is 0 Å². The molecule has 16 heavy (non-hydrogen) atoms. The lowest BCUT2D eigenvalue weighted by Gasteiger charge is -2.03. The van der Waals surface area contributed by atoms with Crippen LogP contribution in [0.3, 0.4) is 0 Å². The van der Waals surface area contributed by atoms with Crippen molar-refractivity contribution in [2.24, 2.45) is 0 Å². The third-order valence-electron chi connectivity index (χ3n) is 2.67. The average Bonchev–Trinajstić information content (AvgIpc) is 2.70. The first-order chi connectivity index (χ1) is 7.78. The highest BCUT2D eigenvalue weighted by Gasteiger charge is 2.09. The minimum atomic E-state index is 0.735. The number of fused-ring (bicyclic) bond motifs is 1. The van der Waals surface area contributed by atoms with Crippen LogP contribution in [0.25, 0.3) is 11.0 Å². The molecule has 2 rings (SSSR count). The van der Waals surface area contributed by atoms with Gasteiger partial charge in [0.2, 0.25) is 0 Å². The van der Waals surface area contributed by atoms with Crippen molar-refractivity contribution in [3.8, 4) is 5.75 Å². The van der Waals surface area contributed by atoms with Gasteiger partial charge in [-0.3, -0.25) is 0 Å². The molecule has 0 aliphatic rings. The fourth-order valence-electron chi connectivity index (χ4n) is 1.85. The molecule has 0 saturated carbocycles. The van der Waals surface area contributed by atoms with Gasteiger partial charge in [0.1, 0.15) is 5.76 Å². The molecule has 1 heterocycles. The molecule has 0 atom stereocenters. The number of hydrogen-bond donors (Lipinski definition) is 1. The number of nitrogens with one attached hydrogen (secondary N) is 1. The molecule has 0 aliphatic heterocycles. The SMILES string of the molecule is CCc1cc(OC)c2oc(CNC)cc2c1. The maximum atomic E-state index is 5.74. The predicted octanol–water partition coefficient (Wildman–Crippen LogP) is 2.72. The monoisotopic (exact) mass is 219 g/mol. The second kappa shape index (κ2) is 4.58. The summed E-state index contributed by atoms with van der Waals surface area (Å²) >= 11 is 0. The third-order valence-corrected chi connectivity index (χ3v) is 2.67. The van der Waals surface area contributed by atoms with Crippen molar-refractivity contribution in [1.29, 1.82) is 0 Å². The van der Waals surface area contributed by atoms with E-state index in [0.29, 0.717) is 0 Å². The number of methoxy groups -OCH3 is 1. The number of benzene rings is 1. The van der Waals surface area contributed by atoms with Crippen LogP contribution >= 0.6 is 0 Å². The Kier molecular flexibility index (Phi) is 3.15. The summed E-state index contributed by atoms with van der Waals surface area (Å²) in [7, 11) is 3.58. The lowest BCUT2D eigenvalue weighted by atomic mass is 10.1. The van der Waals surface area contributed by atoms with Crippen LogP contribution in [0, 0.1) is 0 Å². The van der Waals surface area contributed by atoms with Gasteiger partial charge in [0.15, 0.2) is 11.3 Å². The van der Waals surface area contributed by atoms with Gasteiger partial charge in [-0.2, -0.15) is 0 Å². The summed E-state index contributed by atoms with van der Waals surface area (Å²) in [5.41, 5.74) is 2.10. The maximum Gasteiger partial charge on any atom is 0.176 e. The van der Waals surface area contributed by atoms with Gasteiger partial charge in [-0.05, 0) is 37.2 Å². The van der Waals surface area contributed by atoms with Crippen molar-refractivity contribution < 1.29 is 9.15 Å². The van der Waals surface area contributed by atoms with E-state index in [1.54, 1.807) is 7.11 Å². The van der Waals surface area contributed by atoms with E-state index < -0.39 is 0 Å². The molecule has 0 saturated heterocycles. The van der Waals surface area contributed by atoms with Gasteiger partial charge >= 0.3 is 0 Å². The van der Waals surface area contributed by atoms with E-state index in [2.05, 4.69) is 24.4 Å². The van der Waals surface area contributed by atoms with Crippen molar-refractivity contribution in [2.75, 3.05) is 14.2 Å². The van der Waals surface area contributed by atoms with Crippen LogP contribution < -0.4 is 10.1 Å². The first kappa shape index (κ1) is 11.0. The Morgan fingerprint density at radius 1 is 1.31 bits per heavy atom. The molecule has 0 spiro atoms. The van der Waals surface area contributed by atoms with E-state index in [0.717, 1.165) is 35.4 Å². The smallest absolute Gasteiger partial charge is 0.176 e. The van der Waals surface area contributed by atoms with E-state index in [-0.39, 0.29) is 0 Å². The van der Waals surface area contributed by atoms with Crippen LogP contribution in [0.15, 0.2) is 22.6 Å². The maximum absolute atomic E-state index is 5.74. The summed E-state index contributed by atoms with van der Waals surface area (Å²) in [5, 5.41) is 4.19. The molecule has 0 amide bonds. The first-order valence-corrected chi connectivity index (χ1v) is 5.52. The fourth-order valence-corrected chi connectivity index (χ4v) is 1.85. The molecular weight excluding hydrogens is 202 g/mol. The second-order valence-electron chi connectivity index (χ2n) is 3.81. The molecular formula is C13H17NO2. The molecule has 0 fully saturated rings. The van der Waals surface area contributed by atoms with E-state index >= 15 is 0 Å². The highest BCUT2D eigenvalue weighted by molar-refractivity contribution is 5.84. The zero-order valence-electron chi connectivity index (χ0n) is 9.96. The fraction of sp³-hybridized carbons (Fsp3) is 0.385. The molecule has 0 unspecified atom stereocenters. The Morgan fingerprint density at radius 2 is 2.12 bits per heavy atom. The average molecular weight is 219 g/mol. The highest BCUT2D eigenvalue weighted by Crippen LogP contribution is 2.30. The molecule has 1 aromatic carbocycles. The first-order valence-electron chi connectivity index (χ1n) is 5.52. The van der Waals surface area contributed by atoms with Gasteiger partial charge < -0.3 is 14.5 Å². The molecule has 3 heteroatoms. The number of ether oxygens (including phenoxy) is 1. The quantitative estimate of drug-likeness (QED) is 0.858. The standard InChI is InChI=1S/C13H17NO2/c1-4-9-5-10-7-11(8-14-2)16-13(10)12(6-9)15-3/h5-7,14H,4,8H2,1-3H3. The molecule has 1 aromatic heterocycles. The van der Waals surface area contributed by atoms with Gasteiger partial charge in [-0.15, -0.1) is 0 Å². The highest BCUT2D eigenvalue weighted by atomic mass is 16.5. The zero-order chi connectivity index (χ0) is 11.5. The predicted molar refractivity (Wildman–Crippen MR) is 64.9 cm³/mol. The Bertz CT molecular complexity index is 488. The summed E-state index contributed by atoms with van der Waals surface area (Å²) < 4.78 is 11.1. The van der Waals surface area contributed by atoms with Crippen LogP contribution in [0.5, 0.6) is 5.75 Å². The number of furan rings is 1. The summed E-state index contributed by atoms with van der Waals surface area (Å²) in [6.45, 7) is 2.87. The molecule has 0 radical (unpaired) electrons. The lowest BCUT2D eigenvalue weighted by Crippen LogP contribution is -2.03. The normalized spacial score (nSPS) is 10.9.